The molecule has 0 amide bonds. The first-order chi connectivity index (χ1) is 7.80. The van der Waals surface area contributed by atoms with Gasteiger partial charge in [-0.05, 0) is 18.2 Å². The van der Waals surface area contributed by atoms with Crippen molar-refractivity contribution in [2.45, 2.75) is 0 Å². The van der Waals surface area contributed by atoms with Crippen LogP contribution in [0, 0.1) is 11.3 Å². The molecule has 16 heavy (non-hydrogen) atoms. The monoisotopic (exact) mass is 214 g/mol. The molecule has 0 aliphatic heterocycles. The van der Waals surface area contributed by atoms with Crippen LogP contribution in [0.2, 0.25) is 0 Å². The van der Waals surface area contributed by atoms with Crippen molar-refractivity contribution in [2.24, 2.45) is 5.84 Å². The van der Waals surface area contributed by atoms with Crippen LogP contribution in [0.1, 0.15) is 5.56 Å². The second kappa shape index (κ2) is 4.04. The van der Waals surface area contributed by atoms with Crippen molar-refractivity contribution in [2.75, 3.05) is 12.5 Å². The summed E-state index contributed by atoms with van der Waals surface area (Å²) < 4.78 is 5.12. The maximum absolute atomic E-state index is 8.92. The number of anilines is 1. The Morgan fingerprint density at radius 2 is 2.31 bits per heavy atom. The molecule has 5 heteroatoms. The topological polar surface area (TPSA) is 84.0 Å². The maximum Gasteiger partial charge on any atom is 0.119 e. The van der Waals surface area contributed by atoms with Crippen molar-refractivity contribution in [3.63, 3.8) is 0 Å². The molecule has 0 saturated heterocycles. The van der Waals surface area contributed by atoms with Gasteiger partial charge < -0.3 is 10.2 Å². The standard InChI is InChI=1S/C11H10N4O/c1-16-8-2-3-10-9(4-8)11(15-13)7(5-12)6-14-10/h2-4,6H,13H2,1H3,(H,14,15). The van der Waals surface area contributed by atoms with Crippen LogP contribution in [0.4, 0.5) is 5.69 Å². The molecule has 80 valence electrons. The number of pyridine rings is 1. The maximum atomic E-state index is 8.92. The highest BCUT2D eigenvalue weighted by molar-refractivity contribution is 5.94. The minimum atomic E-state index is 0.406. The van der Waals surface area contributed by atoms with Crippen LogP contribution in [0.5, 0.6) is 5.75 Å². The van der Waals surface area contributed by atoms with E-state index in [1.807, 2.05) is 18.2 Å². The molecular weight excluding hydrogens is 204 g/mol. The molecule has 0 spiro atoms. The minimum absolute atomic E-state index is 0.406. The number of hydrogen-bond donors (Lipinski definition) is 2. The molecule has 1 aromatic carbocycles. The number of methoxy groups -OCH3 is 1. The number of nitriles is 1. The van der Waals surface area contributed by atoms with Gasteiger partial charge in [0.2, 0.25) is 0 Å². The van der Waals surface area contributed by atoms with E-state index in [1.165, 1.54) is 6.20 Å². The predicted octanol–water partition coefficient (Wildman–Crippen LogP) is 1.40. The van der Waals surface area contributed by atoms with Gasteiger partial charge in [-0.3, -0.25) is 10.8 Å². The Kier molecular flexibility index (Phi) is 2.58. The largest absolute Gasteiger partial charge is 0.497 e. The molecule has 3 N–H and O–H groups in total. The van der Waals surface area contributed by atoms with Gasteiger partial charge in [0.05, 0.1) is 23.9 Å². The van der Waals surface area contributed by atoms with E-state index in [-0.39, 0.29) is 0 Å². The Morgan fingerprint density at radius 1 is 1.50 bits per heavy atom. The lowest BCUT2D eigenvalue weighted by atomic mass is 10.1. The fourth-order valence-electron chi connectivity index (χ4n) is 1.54. The molecule has 0 atom stereocenters. The third-order valence-electron chi connectivity index (χ3n) is 2.34. The quantitative estimate of drug-likeness (QED) is 0.583. The molecule has 0 saturated carbocycles. The number of hydrazine groups is 1. The summed E-state index contributed by atoms with van der Waals surface area (Å²) in [5.74, 6) is 6.11. The number of fused-ring (bicyclic) bond motifs is 1. The van der Waals surface area contributed by atoms with E-state index in [0.717, 1.165) is 10.9 Å². The third-order valence-corrected chi connectivity index (χ3v) is 2.34. The van der Waals surface area contributed by atoms with Crippen LogP contribution in [-0.2, 0) is 0 Å². The zero-order valence-corrected chi connectivity index (χ0v) is 8.69. The third kappa shape index (κ3) is 1.51. The van der Waals surface area contributed by atoms with Crippen molar-refractivity contribution in [1.29, 1.82) is 5.26 Å². The lowest BCUT2D eigenvalue weighted by Crippen LogP contribution is -2.09. The summed E-state index contributed by atoms with van der Waals surface area (Å²) in [4.78, 5) is 4.16. The zero-order chi connectivity index (χ0) is 11.5. The van der Waals surface area contributed by atoms with E-state index < -0.39 is 0 Å². The average molecular weight is 214 g/mol. The number of nitrogens with two attached hydrogens (primary N) is 1. The molecule has 0 bridgehead atoms. The highest BCUT2D eigenvalue weighted by Gasteiger charge is 2.08. The van der Waals surface area contributed by atoms with Gasteiger partial charge in [0.15, 0.2) is 0 Å². The van der Waals surface area contributed by atoms with Crippen molar-refractivity contribution < 1.29 is 4.74 Å². The highest BCUT2D eigenvalue weighted by Crippen LogP contribution is 2.27. The number of nitrogens with one attached hydrogen (secondary N) is 1. The summed E-state index contributed by atoms with van der Waals surface area (Å²) in [5, 5.41) is 9.68. The van der Waals surface area contributed by atoms with Gasteiger partial charge in [0, 0.05) is 11.6 Å². The number of rotatable bonds is 2. The lowest BCUT2D eigenvalue weighted by molar-refractivity contribution is 0.415. The van der Waals surface area contributed by atoms with Crippen LogP contribution in [0.3, 0.4) is 0 Å². The Hall–Kier alpha value is -2.32. The van der Waals surface area contributed by atoms with Gasteiger partial charge >= 0.3 is 0 Å². The first-order valence-electron chi connectivity index (χ1n) is 4.63. The van der Waals surface area contributed by atoms with Crippen molar-refractivity contribution in [1.82, 2.24) is 4.98 Å². The molecular formula is C11H10N4O. The number of ether oxygens (including phenoxy) is 1. The molecule has 2 rings (SSSR count). The number of benzene rings is 1. The molecule has 1 aromatic heterocycles. The molecule has 1 heterocycles. The van der Waals surface area contributed by atoms with Crippen LogP contribution in [-0.4, -0.2) is 12.1 Å². The van der Waals surface area contributed by atoms with E-state index in [1.54, 1.807) is 13.2 Å². The zero-order valence-electron chi connectivity index (χ0n) is 8.69. The number of hydrogen-bond acceptors (Lipinski definition) is 5. The van der Waals surface area contributed by atoms with Crippen LogP contribution < -0.4 is 16.0 Å². The molecule has 0 aliphatic rings. The average Bonchev–Trinajstić information content (AvgIpc) is 2.36. The minimum Gasteiger partial charge on any atom is -0.497 e. The normalized spacial score (nSPS) is 9.81. The van der Waals surface area contributed by atoms with E-state index in [4.69, 9.17) is 15.8 Å². The molecule has 0 fully saturated rings. The summed E-state index contributed by atoms with van der Waals surface area (Å²) >= 11 is 0. The molecule has 0 unspecified atom stereocenters. The number of aromatic nitrogens is 1. The summed E-state index contributed by atoms with van der Waals surface area (Å²) in [6.45, 7) is 0. The first kappa shape index (κ1) is 10.2. The first-order valence-corrected chi connectivity index (χ1v) is 4.63. The Bertz CT molecular complexity index is 574. The molecule has 0 aliphatic carbocycles. The summed E-state index contributed by atoms with van der Waals surface area (Å²) in [6.07, 6.45) is 1.49. The summed E-state index contributed by atoms with van der Waals surface area (Å²) in [7, 11) is 1.58. The summed E-state index contributed by atoms with van der Waals surface area (Å²) in [5.41, 5.74) is 4.25. The van der Waals surface area contributed by atoms with E-state index in [2.05, 4.69) is 10.4 Å². The predicted molar refractivity (Wildman–Crippen MR) is 60.8 cm³/mol. The SMILES string of the molecule is COc1ccc2ncc(C#N)c(NN)c2c1. The van der Waals surface area contributed by atoms with Gasteiger partial charge in [-0.25, -0.2) is 0 Å². The molecule has 0 radical (unpaired) electrons. The Balaban J connectivity index is 2.79. The van der Waals surface area contributed by atoms with Crippen LogP contribution >= 0.6 is 0 Å². The van der Waals surface area contributed by atoms with E-state index >= 15 is 0 Å². The lowest BCUT2D eigenvalue weighted by Gasteiger charge is -2.08. The van der Waals surface area contributed by atoms with Gasteiger partial charge in [-0.2, -0.15) is 5.26 Å². The second-order valence-electron chi connectivity index (χ2n) is 3.19. The molecule has 2 aromatic rings. The van der Waals surface area contributed by atoms with Crippen molar-refractivity contribution in [3.8, 4) is 11.8 Å². The summed E-state index contributed by atoms with van der Waals surface area (Å²) in [6, 6.07) is 7.44. The molecule has 5 nitrogen and oxygen atoms in total. The number of nitrogens with zero attached hydrogens (tertiary/aromatic N) is 2. The van der Waals surface area contributed by atoms with Gasteiger partial charge in [-0.1, -0.05) is 0 Å². The van der Waals surface area contributed by atoms with Crippen molar-refractivity contribution in [3.05, 3.63) is 30.0 Å². The smallest absolute Gasteiger partial charge is 0.119 e. The van der Waals surface area contributed by atoms with Crippen LogP contribution in [0.15, 0.2) is 24.4 Å². The van der Waals surface area contributed by atoms with Crippen molar-refractivity contribution >= 4 is 16.6 Å². The van der Waals surface area contributed by atoms with Gasteiger partial charge in [0.1, 0.15) is 11.8 Å². The second-order valence-corrected chi connectivity index (χ2v) is 3.19. The van der Waals surface area contributed by atoms with Crippen LogP contribution in [0.25, 0.3) is 10.9 Å². The Morgan fingerprint density at radius 3 is 2.94 bits per heavy atom. The van der Waals surface area contributed by atoms with E-state index in [9.17, 15) is 0 Å². The Labute approximate surface area is 92.4 Å². The fourth-order valence-corrected chi connectivity index (χ4v) is 1.54. The van der Waals surface area contributed by atoms with E-state index in [0.29, 0.717) is 17.0 Å². The van der Waals surface area contributed by atoms with Gasteiger partial charge in [-0.15, -0.1) is 0 Å². The highest BCUT2D eigenvalue weighted by atomic mass is 16.5. The number of nitrogen functional groups attached to an aromatic ring is 1. The van der Waals surface area contributed by atoms with Gasteiger partial charge in [0.25, 0.3) is 0 Å². The fraction of sp³-hybridized carbons (Fsp3) is 0.0909.